The van der Waals surface area contributed by atoms with Crippen molar-refractivity contribution in [1.82, 2.24) is 4.90 Å². The molecule has 0 aliphatic carbocycles. The minimum atomic E-state index is -0.270. The molecule has 1 heterocycles. The van der Waals surface area contributed by atoms with E-state index in [9.17, 15) is 10.1 Å². The minimum Gasteiger partial charge on any atom is -0.360 e. The Bertz CT molecular complexity index is 812. The van der Waals surface area contributed by atoms with Crippen LogP contribution in [0.1, 0.15) is 47.4 Å². The number of halogens is 1. The Balaban J connectivity index is 1.97. The van der Waals surface area contributed by atoms with Crippen molar-refractivity contribution in [1.29, 1.82) is 5.26 Å². The first-order valence-corrected chi connectivity index (χ1v) is 8.39. The van der Waals surface area contributed by atoms with E-state index in [-0.39, 0.29) is 12.1 Å². The lowest BCUT2D eigenvalue weighted by atomic mass is 10.1. The average Bonchev–Trinajstić information content (AvgIpc) is 2.87. The van der Waals surface area contributed by atoms with Gasteiger partial charge >= 0.3 is 0 Å². The molecule has 0 aromatic heterocycles. The van der Waals surface area contributed by atoms with Crippen LogP contribution < -0.4 is 5.32 Å². The second-order valence-electron chi connectivity index (χ2n) is 5.79. The number of hydrogen-bond acceptors (Lipinski definition) is 3. The number of unbranched alkanes of at least 4 members (excludes halogenated alkanes) is 1. The van der Waals surface area contributed by atoms with E-state index >= 15 is 0 Å². The third-order valence-electron chi connectivity index (χ3n) is 4.21. The van der Waals surface area contributed by atoms with Gasteiger partial charge in [-0.05, 0) is 30.7 Å². The van der Waals surface area contributed by atoms with E-state index in [0.29, 0.717) is 22.8 Å². The van der Waals surface area contributed by atoms with Crippen LogP contribution in [0.5, 0.6) is 0 Å². The molecular formula is C19H18ClN3O. The Hall–Kier alpha value is -2.51. The Morgan fingerprint density at radius 3 is 2.83 bits per heavy atom. The van der Waals surface area contributed by atoms with E-state index in [1.807, 2.05) is 29.2 Å². The van der Waals surface area contributed by atoms with Gasteiger partial charge in [0.1, 0.15) is 12.2 Å². The quantitative estimate of drug-likeness (QED) is 0.867. The maximum absolute atomic E-state index is 12.7. The first-order chi connectivity index (χ1) is 11.7. The molecule has 1 amide bonds. The van der Waals surface area contributed by atoms with Crippen LogP contribution in [0.2, 0.25) is 5.02 Å². The molecule has 3 rings (SSSR count). The molecule has 0 spiro atoms. The minimum absolute atomic E-state index is 0.0315. The van der Waals surface area contributed by atoms with Crippen molar-refractivity contribution in [3.8, 4) is 6.07 Å². The summed E-state index contributed by atoms with van der Waals surface area (Å²) < 4.78 is 0. The zero-order valence-corrected chi connectivity index (χ0v) is 14.2. The van der Waals surface area contributed by atoms with E-state index in [1.54, 1.807) is 18.2 Å². The van der Waals surface area contributed by atoms with Gasteiger partial charge < -0.3 is 10.2 Å². The monoisotopic (exact) mass is 339 g/mol. The Morgan fingerprint density at radius 2 is 2.08 bits per heavy atom. The number of rotatable bonds is 5. The molecule has 2 aromatic carbocycles. The summed E-state index contributed by atoms with van der Waals surface area (Å²) in [5.74, 6) is 0.0315. The third-order valence-corrected chi connectivity index (χ3v) is 4.44. The molecule has 0 radical (unpaired) electrons. The SMILES string of the molecule is CCCCN1C(=O)c2ccccc2[C@@H]1Nc1ccc(Cl)cc1C#N. The highest BCUT2D eigenvalue weighted by Crippen LogP contribution is 2.35. The third kappa shape index (κ3) is 2.95. The number of nitrogens with one attached hydrogen (secondary N) is 1. The molecule has 0 saturated carbocycles. The van der Waals surface area contributed by atoms with Crippen LogP contribution in [-0.2, 0) is 0 Å². The van der Waals surface area contributed by atoms with Gasteiger partial charge in [-0.2, -0.15) is 5.26 Å². The number of nitrogens with zero attached hydrogens (tertiary/aromatic N) is 2. The van der Waals surface area contributed by atoms with Gasteiger partial charge in [-0.25, -0.2) is 0 Å². The molecule has 24 heavy (non-hydrogen) atoms. The summed E-state index contributed by atoms with van der Waals surface area (Å²) in [6.45, 7) is 2.78. The molecule has 2 aromatic rings. The molecular weight excluding hydrogens is 322 g/mol. The molecule has 0 bridgehead atoms. The van der Waals surface area contributed by atoms with Crippen LogP contribution in [0.3, 0.4) is 0 Å². The van der Waals surface area contributed by atoms with Gasteiger partial charge in [0.15, 0.2) is 0 Å². The number of carbonyl (C=O) groups excluding carboxylic acids is 1. The summed E-state index contributed by atoms with van der Waals surface area (Å²) in [5, 5.41) is 13.2. The highest BCUT2D eigenvalue weighted by atomic mass is 35.5. The van der Waals surface area contributed by atoms with E-state index in [1.165, 1.54) is 0 Å². The fraction of sp³-hybridized carbons (Fsp3) is 0.263. The van der Waals surface area contributed by atoms with Gasteiger partial charge in [-0.3, -0.25) is 4.79 Å². The number of benzene rings is 2. The molecule has 1 aliphatic rings. The van der Waals surface area contributed by atoms with Crippen LogP contribution in [0, 0.1) is 11.3 Å². The molecule has 0 fully saturated rings. The van der Waals surface area contributed by atoms with Crippen LogP contribution in [0.4, 0.5) is 5.69 Å². The van der Waals surface area contributed by atoms with Gasteiger partial charge in [0, 0.05) is 22.7 Å². The van der Waals surface area contributed by atoms with Gasteiger partial charge in [0.05, 0.1) is 11.3 Å². The molecule has 4 nitrogen and oxygen atoms in total. The molecule has 1 N–H and O–H groups in total. The normalized spacial score (nSPS) is 16.0. The second-order valence-corrected chi connectivity index (χ2v) is 6.22. The first-order valence-electron chi connectivity index (χ1n) is 8.01. The second kappa shape index (κ2) is 6.94. The Labute approximate surface area is 146 Å². The van der Waals surface area contributed by atoms with Crippen LogP contribution >= 0.6 is 11.6 Å². The van der Waals surface area contributed by atoms with E-state index in [4.69, 9.17) is 11.6 Å². The summed E-state index contributed by atoms with van der Waals surface area (Å²) >= 11 is 5.97. The summed E-state index contributed by atoms with van der Waals surface area (Å²) in [7, 11) is 0. The zero-order valence-electron chi connectivity index (χ0n) is 13.4. The standard InChI is InChI=1S/C19H18ClN3O/c1-2-3-10-23-18(15-6-4-5-7-16(15)19(23)24)22-17-9-8-14(20)11-13(17)12-21/h4-9,11,18,22H,2-3,10H2,1H3/t18-/m1/s1. The smallest absolute Gasteiger partial charge is 0.256 e. The number of anilines is 1. The highest BCUT2D eigenvalue weighted by Gasteiger charge is 2.36. The topological polar surface area (TPSA) is 56.1 Å². The molecule has 0 unspecified atom stereocenters. The lowest BCUT2D eigenvalue weighted by Crippen LogP contribution is -2.33. The molecule has 1 aliphatic heterocycles. The fourth-order valence-corrected chi connectivity index (χ4v) is 3.14. The molecule has 1 atom stereocenters. The van der Waals surface area contributed by atoms with Gasteiger partial charge in [0.25, 0.3) is 5.91 Å². The number of nitriles is 1. The maximum atomic E-state index is 12.7. The summed E-state index contributed by atoms with van der Waals surface area (Å²) in [5.41, 5.74) is 2.81. The van der Waals surface area contributed by atoms with Crippen molar-refractivity contribution >= 4 is 23.2 Å². The van der Waals surface area contributed by atoms with Crippen molar-refractivity contribution in [2.24, 2.45) is 0 Å². The summed E-state index contributed by atoms with van der Waals surface area (Å²) in [6, 6.07) is 14.9. The van der Waals surface area contributed by atoms with E-state index < -0.39 is 0 Å². The fourth-order valence-electron chi connectivity index (χ4n) is 2.97. The lowest BCUT2D eigenvalue weighted by Gasteiger charge is -2.27. The maximum Gasteiger partial charge on any atom is 0.256 e. The molecule has 122 valence electrons. The summed E-state index contributed by atoms with van der Waals surface area (Å²) in [6.07, 6.45) is 1.68. The van der Waals surface area contributed by atoms with E-state index in [2.05, 4.69) is 18.3 Å². The predicted molar refractivity (Wildman–Crippen MR) is 94.9 cm³/mol. The molecule has 0 saturated heterocycles. The van der Waals surface area contributed by atoms with Crippen molar-refractivity contribution in [2.45, 2.75) is 25.9 Å². The highest BCUT2D eigenvalue weighted by molar-refractivity contribution is 6.30. The van der Waals surface area contributed by atoms with Crippen molar-refractivity contribution < 1.29 is 4.79 Å². The summed E-state index contributed by atoms with van der Waals surface area (Å²) in [4.78, 5) is 14.5. The van der Waals surface area contributed by atoms with Crippen LogP contribution in [0.25, 0.3) is 0 Å². The Morgan fingerprint density at radius 1 is 1.29 bits per heavy atom. The average molecular weight is 340 g/mol. The van der Waals surface area contributed by atoms with Crippen molar-refractivity contribution in [3.05, 3.63) is 64.2 Å². The predicted octanol–water partition coefficient (Wildman–Crippen LogP) is 4.58. The first kappa shape index (κ1) is 16.4. The Kier molecular flexibility index (Phi) is 4.73. The number of hydrogen-bond donors (Lipinski definition) is 1. The van der Waals surface area contributed by atoms with Crippen molar-refractivity contribution in [3.63, 3.8) is 0 Å². The van der Waals surface area contributed by atoms with E-state index in [0.717, 1.165) is 24.0 Å². The van der Waals surface area contributed by atoms with Gasteiger partial charge in [0.2, 0.25) is 0 Å². The number of fused-ring (bicyclic) bond motifs is 1. The number of carbonyl (C=O) groups is 1. The van der Waals surface area contributed by atoms with Crippen LogP contribution in [0.15, 0.2) is 42.5 Å². The zero-order chi connectivity index (χ0) is 17.1. The largest absolute Gasteiger partial charge is 0.360 e. The van der Waals surface area contributed by atoms with Gasteiger partial charge in [-0.15, -0.1) is 0 Å². The van der Waals surface area contributed by atoms with Gasteiger partial charge in [-0.1, -0.05) is 43.1 Å². The van der Waals surface area contributed by atoms with Crippen molar-refractivity contribution in [2.75, 3.05) is 11.9 Å². The molecule has 5 heteroatoms. The van der Waals surface area contributed by atoms with Crippen LogP contribution in [-0.4, -0.2) is 17.4 Å². The number of amides is 1. The lowest BCUT2D eigenvalue weighted by molar-refractivity contribution is 0.0740.